The number of rotatable bonds is 42. The average Bonchev–Trinajstić information content (AvgIpc) is 1.45. The number of nitrogens with one attached hydrogen (secondary N) is 8. The van der Waals surface area contributed by atoms with Crippen LogP contribution in [0.5, 0.6) is 0 Å². The monoisotopic (exact) mass is 1330 g/mol. The van der Waals surface area contributed by atoms with Gasteiger partial charge in [-0.25, -0.2) is 0 Å². The van der Waals surface area contributed by atoms with Gasteiger partial charge in [0.1, 0.15) is 79.1 Å². The number of hydrogen-bond donors (Lipinski definition) is 17. The van der Waals surface area contributed by atoms with Crippen LogP contribution in [0, 0.1) is 0 Å². The third-order valence-electron chi connectivity index (χ3n) is 13.1. The normalized spacial score (nSPS) is 28.2. The van der Waals surface area contributed by atoms with E-state index in [0.29, 0.717) is 0 Å². The van der Waals surface area contributed by atoms with Crippen LogP contribution < -0.4 is 47.4 Å². The molecular weight excluding hydrogens is 1240 g/mol. The van der Waals surface area contributed by atoms with E-state index in [4.69, 9.17) is 63.7 Å². The van der Waals surface area contributed by atoms with E-state index >= 15 is 0 Å². The highest BCUT2D eigenvalue weighted by atomic mass is 32.5. The van der Waals surface area contributed by atoms with Crippen LogP contribution >= 0.6 is 6.49 Å². The van der Waals surface area contributed by atoms with Crippen LogP contribution in [0.3, 0.4) is 0 Å². The first-order valence-electron chi connectivity index (χ1n) is 28.4. The number of aliphatic hydroxyl groups excluding tert-OH is 9. The Morgan fingerprint density at radius 1 is 0.472 bits per heavy atom. The SMILES string of the molecule is CC(=O)NC1C(OCCOCCNC(=O)CCC(NC(=O)C(NC(=O)CCOCCOP(C)([O-])=S)C(=O)NCCOCCOC2OC(CO)C(O)C(O)C2NC(C)=O)C(=O)NCCOCCOC2OC(CO)C(O)C(O)C2NC(C)=O)OC(CO)C(O)C1O. The molecule has 39 heteroatoms. The molecule has 0 saturated carbocycles. The Labute approximate surface area is 517 Å². The van der Waals surface area contributed by atoms with Gasteiger partial charge >= 0.3 is 0 Å². The molecule has 8 amide bonds. The highest BCUT2D eigenvalue weighted by Crippen LogP contribution is 2.31. The minimum Gasteiger partial charge on any atom is -0.801 e. The fourth-order valence-corrected chi connectivity index (χ4v) is 9.32. The predicted molar refractivity (Wildman–Crippen MR) is 300 cm³/mol. The van der Waals surface area contributed by atoms with Crippen LogP contribution in [-0.2, 0) is 102 Å². The second-order valence-corrected chi connectivity index (χ2v) is 24.0. The first-order chi connectivity index (χ1) is 42.2. The fourth-order valence-electron chi connectivity index (χ4n) is 8.70. The smallest absolute Gasteiger partial charge is 0.253 e. The molecule has 0 aliphatic carbocycles. The van der Waals surface area contributed by atoms with E-state index in [2.05, 4.69) is 42.5 Å². The van der Waals surface area contributed by atoms with Gasteiger partial charge in [0, 0.05) is 53.2 Å². The molecule has 0 bridgehead atoms. The Balaban J connectivity index is 1.67. The summed E-state index contributed by atoms with van der Waals surface area (Å²) in [5, 5.41) is 111. The van der Waals surface area contributed by atoms with Gasteiger partial charge in [-0.3, -0.25) is 38.4 Å². The van der Waals surface area contributed by atoms with Crippen molar-refractivity contribution in [2.45, 2.75) is 144 Å². The maximum atomic E-state index is 14.1. The molecule has 18 atom stereocenters. The third-order valence-corrected chi connectivity index (χ3v) is 14.1. The lowest BCUT2D eigenvalue weighted by Gasteiger charge is -2.42. The Bertz CT molecular complexity index is 2240. The summed E-state index contributed by atoms with van der Waals surface area (Å²) < 4.78 is 60.2. The van der Waals surface area contributed by atoms with E-state index in [1.165, 1.54) is 20.5 Å². The summed E-state index contributed by atoms with van der Waals surface area (Å²) in [5.74, 6) is -6.41. The molecule has 89 heavy (non-hydrogen) atoms. The number of ether oxygens (including phenoxy) is 10. The molecular formula is C50H88N8O29PS-. The lowest BCUT2D eigenvalue weighted by Crippen LogP contribution is -2.64. The summed E-state index contributed by atoms with van der Waals surface area (Å²) in [5.41, 5.74) is 0. The van der Waals surface area contributed by atoms with E-state index in [-0.39, 0.29) is 98.9 Å². The second-order valence-electron chi connectivity index (χ2n) is 20.2. The summed E-state index contributed by atoms with van der Waals surface area (Å²) in [6, 6.07) is -7.23. The van der Waals surface area contributed by atoms with Crippen molar-refractivity contribution < 1.29 is 141 Å². The van der Waals surface area contributed by atoms with Crippen LogP contribution in [0.1, 0.15) is 40.0 Å². The number of carbonyl (C=O) groups excluding carboxylic acids is 8. The Kier molecular flexibility index (Phi) is 37.1. The van der Waals surface area contributed by atoms with Crippen molar-refractivity contribution in [2.24, 2.45) is 0 Å². The Morgan fingerprint density at radius 2 is 0.843 bits per heavy atom. The Morgan fingerprint density at radius 3 is 1.22 bits per heavy atom. The lowest BCUT2D eigenvalue weighted by atomic mass is 9.97. The molecule has 18 unspecified atom stereocenters. The maximum absolute atomic E-state index is 14.1. The number of aliphatic hydroxyl groups is 9. The summed E-state index contributed by atoms with van der Waals surface area (Å²) in [6.07, 6.45) is -18.1. The van der Waals surface area contributed by atoms with E-state index in [9.17, 15) is 89.2 Å². The first kappa shape index (κ1) is 78.8. The third kappa shape index (κ3) is 29.0. The van der Waals surface area contributed by atoms with Crippen molar-refractivity contribution in [3.05, 3.63) is 0 Å². The summed E-state index contributed by atoms with van der Waals surface area (Å²) in [7, 11) is 0. The van der Waals surface area contributed by atoms with E-state index in [1.807, 2.05) is 0 Å². The predicted octanol–water partition coefficient (Wildman–Crippen LogP) is -11.3. The van der Waals surface area contributed by atoms with Gasteiger partial charge in [-0.15, -0.1) is 0 Å². The van der Waals surface area contributed by atoms with Gasteiger partial charge < -0.3 is 145 Å². The summed E-state index contributed by atoms with van der Waals surface area (Å²) in [4.78, 5) is 115. The molecule has 3 fully saturated rings. The number of carbonyl (C=O) groups is 8. The average molecular weight is 1330 g/mol. The highest BCUT2D eigenvalue weighted by Gasteiger charge is 2.48. The molecule has 3 aliphatic rings. The van der Waals surface area contributed by atoms with Crippen molar-refractivity contribution >= 4 is 65.6 Å². The van der Waals surface area contributed by atoms with Crippen LogP contribution in [-0.4, -0.2) is 323 Å². The van der Waals surface area contributed by atoms with Gasteiger partial charge in [-0.05, 0) is 19.6 Å². The Hall–Kier alpha value is -4.43. The molecule has 0 radical (unpaired) electrons. The zero-order chi connectivity index (χ0) is 66.2. The molecule has 0 spiro atoms. The first-order valence-corrected chi connectivity index (χ1v) is 31.5. The minimum atomic E-state index is -3.24. The quantitative estimate of drug-likeness (QED) is 0.0153. The highest BCUT2D eigenvalue weighted by molar-refractivity contribution is 8.08. The van der Waals surface area contributed by atoms with Gasteiger partial charge in [0.2, 0.25) is 35.4 Å². The van der Waals surface area contributed by atoms with Crippen molar-refractivity contribution in [3.63, 3.8) is 0 Å². The fraction of sp³-hybridized carbons (Fsp3) is 0.840. The van der Waals surface area contributed by atoms with Crippen molar-refractivity contribution in [3.8, 4) is 0 Å². The molecule has 37 nitrogen and oxygen atoms in total. The molecule has 3 saturated heterocycles. The molecule has 0 aromatic heterocycles. The van der Waals surface area contributed by atoms with E-state index in [1.54, 1.807) is 0 Å². The van der Waals surface area contributed by atoms with Gasteiger partial charge in [-0.1, -0.05) is 11.8 Å². The topological polar surface area (TPSA) is 539 Å². The van der Waals surface area contributed by atoms with Crippen LogP contribution in [0.25, 0.3) is 0 Å². The van der Waals surface area contributed by atoms with E-state index < -0.39 is 197 Å². The number of hydrogen-bond acceptors (Lipinski definition) is 30. The van der Waals surface area contributed by atoms with Gasteiger partial charge in [-0.2, -0.15) is 0 Å². The van der Waals surface area contributed by atoms with Crippen LogP contribution in [0.15, 0.2) is 0 Å². The largest absolute Gasteiger partial charge is 0.801 e. The van der Waals surface area contributed by atoms with Gasteiger partial charge in [0.15, 0.2) is 24.9 Å². The maximum Gasteiger partial charge on any atom is 0.253 e. The molecule has 3 heterocycles. The zero-order valence-corrected chi connectivity index (χ0v) is 51.4. The standard InChI is InChI=1S/C50H89N8O29PS/c1-26(62)54-35-42(70)39(67)30(23-59)85-48(35)81-19-15-78-12-8-51-33(65)6-5-29(45(73)52-9-13-79-16-20-82-49-36(55-27(2)63)43(71)40(68)31(24-60)86-49)57-47(75)38(58-34(66)7-11-77-18-22-84-88(4,76)89)46(74)53-10-14-80-17-21-83-50-37(56-28(3)64)44(72)41(69)32(25-61)87-50/h29-32,35-44,48-50,59-61,67-72H,5-25H2,1-4H3,(H,51,65)(H,52,73)(H,53,74)(H,54,62)(H,55,63)(H,56,64)(H,57,75)(H,58,66)(H,76,89)/p-1. The molecule has 0 aromatic carbocycles. The minimum absolute atomic E-state index is 0.0797. The van der Waals surface area contributed by atoms with Crippen molar-refractivity contribution in [1.82, 2.24) is 42.5 Å². The molecule has 514 valence electrons. The molecule has 3 aliphatic heterocycles. The van der Waals surface area contributed by atoms with Crippen molar-refractivity contribution in [2.75, 3.05) is 125 Å². The molecule has 3 rings (SSSR count). The molecule has 17 N–H and O–H groups in total. The van der Waals surface area contributed by atoms with Crippen molar-refractivity contribution in [1.29, 1.82) is 0 Å². The zero-order valence-electron chi connectivity index (χ0n) is 49.7. The van der Waals surface area contributed by atoms with Crippen LogP contribution in [0.2, 0.25) is 0 Å². The summed E-state index contributed by atoms with van der Waals surface area (Å²) >= 11 is 4.71. The number of amides is 8. The lowest BCUT2D eigenvalue weighted by molar-refractivity contribution is -0.272. The van der Waals surface area contributed by atoms with E-state index in [0.717, 1.165) is 6.92 Å². The van der Waals surface area contributed by atoms with Gasteiger partial charge in [0.05, 0.1) is 99.1 Å². The van der Waals surface area contributed by atoms with Crippen LogP contribution in [0.4, 0.5) is 0 Å². The second kappa shape index (κ2) is 41.9. The molecule has 0 aromatic rings. The van der Waals surface area contributed by atoms with Gasteiger partial charge in [0.25, 0.3) is 11.8 Å². The summed E-state index contributed by atoms with van der Waals surface area (Å²) in [6.45, 7) is -3.18.